The Morgan fingerprint density at radius 1 is 1.32 bits per heavy atom. The summed E-state index contributed by atoms with van der Waals surface area (Å²) in [6.45, 7) is 3.94. The van der Waals surface area contributed by atoms with Crippen LogP contribution in [0.3, 0.4) is 0 Å². The fraction of sp³-hybridized carbons (Fsp3) is 0.200. The standard InChI is InChI=1S/C15H15BrN2O/c1-10-7-12(9-17-8-10)15(19)18-14-6-4-3-5-13(14)11(2)16/h3-9,11H,1-2H3,(H,18,19). The van der Waals surface area contributed by atoms with E-state index in [1.165, 1.54) is 0 Å². The SMILES string of the molecule is Cc1cncc(C(=O)Nc2ccccc2C(C)Br)c1. The monoisotopic (exact) mass is 318 g/mol. The number of aromatic nitrogens is 1. The molecule has 2 aromatic rings. The molecule has 3 nitrogen and oxygen atoms in total. The highest BCUT2D eigenvalue weighted by Crippen LogP contribution is 2.28. The van der Waals surface area contributed by atoms with Gasteiger partial charge in [0.25, 0.3) is 5.91 Å². The van der Waals surface area contributed by atoms with E-state index in [0.717, 1.165) is 16.8 Å². The number of carbonyl (C=O) groups is 1. The predicted octanol–water partition coefficient (Wildman–Crippen LogP) is 4.10. The third kappa shape index (κ3) is 3.41. The number of nitrogens with one attached hydrogen (secondary N) is 1. The van der Waals surface area contributed by atoms with Gasteiger partial charge in [-0.3, -0.25) is 9.78 Å². The first-order valence-corrected chi connectivity index (χ1v) is 6.95. The van der Waals surface area contributed by atoms with E-state index in [9.17, 15) is 4.79 Å². The summed E-state index contributed by atoms with van der Waals surface area (Å²) >= 11 is 3.53. The van der Waals surface area contributed by atoms with Gasteiger partial charge in [-0.15, -0.1) is 0 Å². The van der Waals surface area contributed by atoms with Crippen LogP contribution in [0.25, 0.3) is 0 Å². The zero-order valence-electron chi connectivity index (χ0n) is 10.9. The first-order chi connectivity index (χ1) is 9.08. The molecular formula is C15H15BrN2O. The number of para-hydroxylation sites is 1. The summed E-state index contributed by atoms with van der Waals surface area (Å²) in [7, 11) is 0. The first-order valence-electron chi connectivity index (χ1n) is 6.04. The van der Waals surface area contributed by atoms with Crippen molar-refractivity contribution in [2.75, 3.05) is 5.32 Å². The number of halogens is 1. The Balaban J connectivity index is 2.24. The largest absolute Gasteiger partial charge is 0.322 e. The Hall–Kier alpha value is -1.68. The molecular weight excluding hydrogens is 304 g/mol. The molecule has 4 heteroatoms. The predicted molar refractivity (Wildman–Crippen MR) is 80.7 cm³/mol. The Morgan fingerprint density at radius 2 is 2.05 bits per heavy atom. The second kappa shape index (κ2) is 5.97. The molecule has 0 aliphatic carbocycles. The summed E-state index contributed by atoms with van der Waals surface area (Å²) < 4.78 is 0. The van der Waals surface area contributed by atoms with Gasteiger partial charge in [-0.05, 0) is 37.1 Å². The summed E-state index contributed by atoms with van der Waals surface area (Å²) in [5, 5.41) is 2.93. The second-order valence-electron chi connectivity index (χ2n) is 4.41. The van der Waals surface area contributed by atoms with Gasteiger partial charge >= 0.3 is 0 Å². The van der Waals surface area contributed by atoms with E-state index in [-0.39, 0.29) is 10.7 Å². The molecule has 1 aromatic heterocycles. The molecule has 0 fully saturated rings. The van der Waals surface area contributed by atoms with Crippen LogP contribution >= 0.6 is 15.9 Å². The third-order valence-electron chi connectivity index (χ3n) is 2.77. The lowest BCUT2D eigenvalue weighted by molar-refractivity contribution is 0.102. The minimum Gasteiger partial charge on any atom is -0.322 e. The molecule has 2 rings (SSSR count). The van der Waals surface area contributed by atoms with E-state index in [1.807, 2.05) is 44.2 Å². The lowest BCUT2D eigenvalue weighted by Crippen LogP contribution is -2.13. The maximum atomic E-state index is 12.2. The molecule has 1 atom stereocenters. The summed E-state index contributed by atoms with van der Waals surface area (Å²) in [4.78, 5) is 16.4. The van der Waals surface area contributed by atoms with Crippen LogP contribution in [0.15, 0.2) is 42.7 Å². The van der Waals surface area contributed by atoms with Crippen LogP contribution in [0.2, 0.25) is 0 Å². The third-order valence-corrected chi connectivity index (χ3v) is 3.27. The molecule has 1 unspecified atom stereocenters. The van der Waals surface area contributed by atoms with E-state index in [0.29, 0.717) is 5.56 Å². The molecule has 1 amide bonds. The van der Waals surface area contributed by atoms with Crippen LogP contribution in [0.5, 0.6) is 0 Å². The van der Waals surface area contributed by atoms with Crippen LogP contribution < -0.4 is 5.32 Å². The number of alkyl halides is 1. The Morgan fingerprint density at radius 3 is 2.74 bits per heavy atom. The topological polar surface area (TPSA) is 42.0 Å². The van der Waals surface area contributed by atoms with Gasteiger partial charge in [0.2, 0.25) is 0 Å². The maximum Gasteiger partial charge on any atom is 0.257 e. The lowest BCUT2D eigenvalue weighted by atomic mass is 10.1. The van der Waals surface area contributed by atoms with E-state index >= 15 is 0 Å². The number of hydrogen-bond acceptors (Lipinski definition) is 2. The fourth-order valence-corrected chi connectivity index (χ4v) is 2.23. The lowest BCUT2D eigenvalue weighted by Gasteiger charge is -2.12. The van der Waals surface area contributed by atoms with Crippen LogP contribution in [0.1, 0.15) is 33.2 Å². The van der Waals surface area contributed by atoms with Crippen LogP contribution in [-0.4, -0.2) is 10.9 Å². The molecule has 0 spiro atoms. The van der Waals surface area contributed by atoms with Crippen molar-refractivity contribution in [1.82, 2.24) is 4.98 Å². The van der Waals surface area contributed by atoms with Gasteiger partial charge in [-0.2, -0.15) is 0 Å². The molecule has 19 heavy (non-hydrogen) atoms. The average Bonchev–Trinajstić information content (AvgIpc) is 2.39. The van der Waals surface area contributed by atoms with Crippen LogP contribution in [0, 0.1) is 6.92 Å². The average molecular weight is 319 g/mol. The highest BCUT2D eigenvalue weighted by atomic mass is 79.9. The number of rotatable bonds is 3. The number of anilines is 1. The van der Waals surface area contributed by atoms with Crippen molar-refractivity contribution in [3.63, 3.8) is 0 Å². The van der Waals surface area contributed by atoms with Crippen molar-refractivity contribution >= 4 is 27.5 Å². The molecule has 0 saturated carbocycles. The highest BCUT2D eigenvalue weighted by Gasteiger charge is 2.11. The number of carbonyl (C=O) groups excluding carboxylic acids is 1. The molecule has 0 radical (unpaired) electrons. The van der Waals surface area contributed by atoms with Gasteiger partial charge in [-0.1, -0.05) is 34.1 Å². The first kappa shape index (κ1) is 13.7. The van der Waals surface area contributed by atoms with Crippen molar-refractivity contribution in [1.29, 1.82) is 0 Å². The Bertz CT molecular complexity index is 596. The van der Waals surface area contributed by atoms with E-state index in [2.05, 4.69) is 26.2 Å². The van der Waals surface area contributed by atoms with Crippen molar-refractivity contribution in [2.24, 2.45) is 0 Å². The zero-order chi connectivity index (χ0) is 13.8. The summed E-state index contributed by atoms with van der Waals surface area (Å²) in [6, 6.07) is 9.57. The van der Waals surface area contributed by atoms with Crippen molar-refractivity contribution < 1.29 is 4.79 Å². The van der Waals surface area contributed by atoms with Gasteiger partial charge in [0.1, 0.15) is 0 Å². The van der Waals surface area contributed by atoms with Gasteiger partial charge < -0.3 is 5.32 Å². The smallest absolute Gasteiger partial charge is 0.257 e. The van der Waals surface area contributed by atoms with Gasteiger partial charge in [0, 0.05) is 22.9 Å². The summed E-state index contributed by atoms with van der Waals surface area (Å²) in [5.74, 6) is -0.142. The summed E-state index contributed by atoms with van der Waals surface area (Å²) in [6.07, 6.45) is 3.30. The second-order valence-corrected chi connectivity index (χ2v) is 5.78. The van der Waals surface area contributed by atoms with E-state index in [4.69, 9.17) is 0 Å². The van der Waals surface area contributed by atoms with Crippen molar-refractivity contribution in [3.05, 3.63) is 59.4 Å². The maximum absolute atomic E-state index is 12.2. The number of pyridine rings is 1. The van der Waals surface area contributed by atoms with Crippen LogP contribution in [-0.2, 0) is 0 Å². The van der Waals surface area contributed by atoms with Gasteiger partial charge in [0.05, 0.1) is 5.56 Å². The molecule has 0 saturated heterocycles. The van der Waals surface area contributed by atoms with E-state index in [1.54, 1.807) is 12.4 Å². The quantitative estimate of drug-likeness (QED) is 0.866. The Labute approximate surface area is 121 Å². The number of aryl methyl sites for hydroxylation is 1. The van der Waals surface area contributed by atoms with Gasteiger partial charge in [-0.25, -0.2) is 0 Å². The minimum absolute atomic E-state index is 0.142. The molecule has 0 aliphatic rings. The normalized spacial score (nSPS) is 11.9. The molecule has 98 valence electrons. The van der Waals surface area contributed by atoms with E-state index < -0.39 is 0 Å². The van der Waals surface area contributed by atoms with Crippen LogP contribution in [0.4, 0.5) is 5.69 Å². The highest BCUT2D eigenvalue weighted by molar-refractivity contribution is 9.09. The van der Waals surface area contributed by atoms with Gasteiger partial charge in [0.15, 0.2) is 0 Å². The zero-order valence-corrected chi connectivity index (χ0v) is 12.4. The number of hydrogen-bond donors (Lipinski definition) is 1. The molecule has 0 aliphatic heterocycles. The fourth-order valence-electron chi connectivity index (χ4n) is 1.83. The number of benzene rings is 1. The summed E-state index contributed by atoms with van der Waals surface area (Å²) in [5.41, 5.74) is 3.40. The molecule has 1 N–H and O–H groups in total. The number of amides is 1. The minimum atomic E-state index is -0.142. The number of nitrogens with zero attached hydrogens (tertiary/aromatic N) is 1. The van der Waals surface area contributed by atoms with Crippen molar-refractivity contribution in [3.8, 4) is 0 Å². The molecule has 1 heterocycles. The molecule has 1 aromatic carbocycles. The molecule has 0 bridgehead atoms. The Kier molecular flexibility index (Phi) is 4.32. The van der Waals surface area contributed by atoms with Crippen molar-refractivity contribution in [2.45, 2.75) is 18.7 Å².